The van der Waals surface area contributed by atoms with Crippen LogP contribution in [0.5, 0.6) is 0 Å². The highest BCUT2D eigenvalue weighted by Crippen LogP contribution is 2.09. The molecule has 0 spiro atoms. The third-order valence-corrected chi connectivity index (χ3v) is 7.12. The van der Waals surface area contributed by atoms with Crippen LogP contribution in [0.2, 0.25) is 0 Å². The first-order chi connectivity index (χ1) is 23.6. The molecule has 1 N–H and O–H groups in total. The summed E-state index contributed by atoms with van der Waals surface area (Å²) in [6.07, 6.45) is 54.3. The van der Waals surface area contributed by atoms with Crippen molar-refractivity contribution < 1.29 is 24.2 Å². The molecule has 268 valence electrons. The highest BCUT2D eigenvalue weighted by atomic mass is 16.6. The van der Waals surface area contributed by atoms with Gasteiger partial charge in [0.05, 0.1) is 6.61 Å². The molecule has 0 heterocycles. The van der Waals surface area contributed by atoms with E-state index < -0.39 is 6.10 Å². The van der Waals surface area contributed by atoms with Crippen LogP contribution in [0.3, 0.4) is 0 Å². The van der Waals surface area contributed by atoms with E-state index in [0.717, 1.165) is 96.3 Å². The smallest absolute Gasteiger partial charge is 0.306 e. The lowest BCUT2D eigenvalue weighted by molar-refractivity contribution is -0.161. The van der Waals surface area contributed by atoms with Gasteiger partial charge in [0.15, 0.2) is 6.10 Å². The molecule has 0 aliphatic heterocycles. The van der Waals surface area contributed by atoms with E-state index in [2.05, 4.69) is 117 Å². The molecule has 0 saturated carbocycles. The molecular formula is C43H66O5. The molecule has 0 aliphatic rings. The fourth-order valence-electron chi connectivity index (χ4n) is 4.38. The van der Waals surface area contributed by atoms with Crippen LogP contribution in [0, 0.1) is 0 Å². The van der Waals surface area contributed by atoms with E-state index in [9.17, 15) is 14.7 Å². The molecule has 0 fully saturated rings. The summed E-state index contributed by atoms with van der Waals surface area (Å²) < 4.78 is 10.5. The van der Waals surface area contributed by atoms with Gasteiger partial charge in [0.2, 0.25) is 0 Å². The quantitative estimate of drug-likeness (QED) is 0.0346. The maximum atomic E-state index is 12.1. The number of hydrogen-bond donors (Lipinski definition) is 1. The molecular weight excluding hydrogens is 596 g/mol. The Morgan fingerprint density at radius 2 is 0.938 bits per heavy atom. The maximum absolute atomic E-state index is 12.1. The lowest BCUT2D eigenvalue weighted by Gasteiger charge is -2.15. The minimum atomic E-state index is -0.810. The largest absolute Gasteiger partial charge is 0.462 e. The van der Waals surface area contributed by atoms with E-state index in [-0.39, 0.29) is 31.6 Å². The van der Waals surface area contributed by atoms with Crippen molar-refractivity contribution in [3.8, 4) is 0 Å². The number of allylic oxidation sites excluding steroid dienone is 18. The van der Waals surface area contributed by atoms with Crippen molar-refractivity contribution in [2.75, 3.05) is 13.2 Å². The number of rotatable bonds is 31. The molecule has 0 bridgehead atoms. The summed E-state index contributed by atoms with van der Waals surface area (Å²) in [6.45, 7) is 3.80. The van der Waals surface area contributed by atoms with Gasteiger partial charge >= 0.3 is 11.9 Å². The molecule has 0 rings (SSSR count). The van der Waals surface area contributed by atoms with Gasteiger partial charge in [0.25, 0.3) is 0 Å². The SMILES string of the molecule is CC/C=C/C=C/C=C/CCCCCCCC(=O)OCC(CO)OC(=O)CCCC/C=C/C/C=C/C/C=C/C/C=C/C/C=C/C/C=C/CC. The van der Waals surface area contributed by atoms with Gasteiger partial charge in [0.1, 0.15) is 6.61 Å². The van der Waals surface area contributed by atoms with Crippen molar-refractivity contribution in [3.63, 3.8) is 0 Å². The Morgan fingerprint density at radius 3 is 1.52 bits per heavy atom. The first-order valence-electron chi connectivity index (χ1n) is 18.5. The maximum Gasteiger partial charge on any atom is 0.306 e. The number of carbonyl (C=O) groups is 2. The monoisotopic (exact) mass is 662 g/mol. The topological polar surface area (TPSA) is 72.8 Å². The van der Waals surface area contributed by atoms with E-state index >= 15 is 0 Å². The summed E-state index contributed by atoms with van der Waals surface area (Å²) >= 11 is 0. The highest BCUT2D eigenvalue weighted by Gasteiger charge is 2.16. The molecule has 0 amide bonds. The van der Waals surface area contributed by atoms with Crippen molar-refractivity contribution in [3.05, 3.63) is 109 Å². The number of carbonyl (C=O) groups excluding carboxylic acids is 2. The molecule has 0 aromatic rings. The Balaban J connectivity index is 3.75. The van der Waals surface area contributed by atoms with E-state index in [0.29, 0.717) is 12.8 Å². The predicted molar refractivity (Wildman–Crippen MR) is 205 cm³/mol. The summed E-state index contributed by atoms with van der Waals surface area (Å²) in [4.78, 5) is 24.2. The Bertz CT molecular complexity index is 1020. The van der Waals surface area contributed by atoms with E-state index in [4.69, 9.17) is 9.47 Å². The van der Waals surface area contributed by atoms with Crippen LogP contribution < -0.4 is 0 Å². The zero-order chi connectivity index (χ0) is 35.0. The number of esters is 2. The fourth-order valence-corrected chi connectivity index (χ4v) is 4.38. The summed E-state index contributed by atoms with van der Waals surface area (Å²) in [5.74, 6) is -0.681. The second kappa shape index (κ2) is 38.0. The average molecular weight is 663 g/mol. The van der Waals surface area contributed by atoms with Crippen molar-refractivity contribution in [1.29, 1.82) is 0 Å². The molecule has 5 heteroatoms. The summed E-state index contributed by atoms with van der Waals surface area (Å²) in [6, 6.07) is 0. The Kier molecular flexibility index (Phi) is 35.3. The molecule has 1 unspecified atom stereocenters. The second-order valence-corrected chi connectivity index (χ2v) is 11.6. The molecule has 0 saturated heterocycles. The normalized spacial score (nSPS) is 13.5. The van der Waals surface area contributed by atoms with E-state index in [1.807, 2.05) is 6.08 Å². The Labute approximate surface area is 293 Å². The van der Waals surface area contributed by atoms with Crippen LogP contribution in [0.15, 0.2) is 109 Å². The molecule has 48 heavy (non-hydrogen) atoms. The minimum absolute atomic E-state index is 0.103. The third kappa shape index (κ3) is 35.4. The zero-order valence-corrected chi connectivity index (χ0v) is 30.2. The third-order valence-electron chi connectivity index (χ3n) is 7.12. The lowest BCUT2D eigenvalue weighted by Crippen LogP contribution is -2.28. The van der Waals surface area contributed by atoms with Gasteiger partial charge in [-0.2, -0.15) is 0 Å². The number of ether oxygens (including phenoxy) is 2. The van der Waals surface area contributed by atoms with Crippen LogP contribution in [-0.2, 0) is 19.1 Å². The summed E-state index contributed by atoms with van der Waals surface area (Å²) in [7, 11) is 0. The van der Waals surface area contributed by atoms with Crippen molar-refractivity contribution >= 4 is 11.9 Å². The molecule has 0 radical (unpaired) electrons. The Hall–Kier alpha value is -3.44. The standard InChI is InChI=1S/C43H66O5/c1-3-5-7-9-11-13-15-17-18-19-20-21-22-23-24-26-28-30-32-34-36-38-43(46)48-41(39-44)40-47-42(45)37-35-33-31-29-27-25-16-14-12-10-8-6-4-2/h5-8,10-14,16-18,20-21,23-24,28,30,41,44H,3-4,9,15,19,22,25-27,29,31-40H2,1-2H3/b7-5+,8-6+,12-10+,13-11+,16-14+,18-17+,21-20+,24-23+,30-28+. The number of aliphatic hydroxyl groups excluding tert-OH is 1. The molecule has 0 aliphatic carbocycles. The average Bonchev–Trinajstić information content (AvgIpc) is 3.09. The predicted octanol–water partition coefficient (Wildman–Crippen LogP) is 11.5. The van der Waals surface area contributed by atoms with Crippen LogP contribution in [0.1, 0.15) is 129 Å². The molecule has 0 aromatic carbocycles. The summed E-state index contributed by atoms with van der Waals surface area (Å²) in [5, 5.41) is 9.53. The van der Waals surface area contributed by atoms with Gasteiger partial charge < -0.3 is 14.6 Å². The van der Waals surface area contributed by atoms with Gasteiger partial charge in [-0.15, -0.1) is 0 Å². The number of aliphatic hydroxyl groups is 1. The molecule has 0 aromatic heterocycles. The fraction of sp³-hybridized carbons (Fsp3) is 0.535. The van der Waals surface area contributed by atoms with Gasteiger partial charge in [-0.05, 0) is 83.5 Å². The van der Waals surface area contributed by atoms with Gasteiger partial charge in [-0.1, -0.05) is 142 Å². The van der Waals surface area contributed by atoms with Crippen molar-refractivity contribution in [1.82, 2.24) is 0 Å². The summed E-state index contributed by atoms with van der Waals surface area (Å²) in [5.41, 5.74) is 0. The van der Waals surface area contributed by atoms with Crippen molar-refractivity contribution in [2.45, 2.75) is 136 Å². The van der Waals surface area contributed by atoms with Crippen LogP contribution in [0.4, 0.5) is 0 Å². The molecule has 1 atom stereocenters. The number of hydrogen-bond acceptors (Lipinski definition) is 5. The van der Waals surface area contributed by atoms with Gasteiger partial charge in [-0.25, -0.2) is 0 Å². The van der Waals surface area contributed by atoms with E-state index in [1.54, 1.807) is 0 Å². The first-order valence-corrected chi connectivity index (χ1v) is 18.5. The van der Waals surface area contributed by atoms with Gasteiger partial charge in [-0.3, -0.25) is 9.59 Å². The zero-order valence-electron chi connectivity index (χ0n) is 30.2. The highest BCUT2D eigenvalue weighted by molar-refractivity contribution is 5.70. The van der Waals surface area contributed by atoms with Crippen LogP contribution >= 0.6 is 0 Å². The molecule has 5 nitrogen and oxygen atoms in total. The number of unbranched alkanes of at least 4 members (excludes halogenated alkanes) is 7. The second-order valence-electron chi connectivity index (χ2n) is 11.6. The minimum Gasteiger partial charge on any atom is -0.462 e. The van der Waals surface area contributed by atoms with E-state index in [1.165, 1.54) is 0 Å². The Morgan fingerprint density at radius 1 is 0.500 bits per heavy atom. The van der Waals surface area contributed by atoms with Crippen LogP contribution in [0.25, 0.3) is 0 Å². The first kappa shape index (κ1) is 44.6. The lowest BCUT2D eigenvalue weighted by atomic mass is 10.1. The van der Waals surface area contributed by atoms with Crippen molar-refractivity contribution in [2.24, 2.45) is 0 Å². The van der Waals surface area contributed by atoms with Gasteiger partial charge in [0, 0.05) is 12.8 Å². The van der Waals surface area contributed by atoms with Crippen LogP contribution in [-0.4, -0.2) is 36.4 Å².